The molecule has 3 aromatic heterocycles. The van der Waals surface area contributed by atoms with Crippen molar-refractivity contribution < 1.29 is 4.79 Å². The highest BCUT2D eigenvalue weighted by Gasteiger charge is 2.25. The molecule has 4 heterocycles. The fraction of sp³-hybridized carbons (Fsp3) is 0.360. The van der Waals surface area contributed by atoms with E-state index in [1.807, 2.05) is 42.9 Å². The standard InChI is InChI=1S/C25H27N7O/c1-15-9-20(14-33)5-6-22(15)24-26-11-21(12-27-24)31-8-7-19(13-31)10-23-16(2)28-25-29-18(4)30-32(25)17(23)3/h5-6,9,11-12,14,19H,7-8,10,13H2,1-4H3. The third-order valence-corrected chi connectivity index (χ3v) is 6.56. The van der Waals surface area contributed by atoms with E-state index in [1.165, 1.54) is 5.56 Å². The lowest BCUT2D eigenvalue weighted by Crippen LogP contribution is -2.21. The molecule has 1 unspecified atom stereocenters. The van der Waals surface area contributed by atoms with Crippen LogP contribution in [0.3, 0.4) is 0 Å². The Hall–Kier alpha value is -3.68. The highest BCUT2D eigenvalue weighted by Crippen LogP contribution is 2.28. The summed E-state index contributed by atoms with van der Waals surface area (Å²) in [5.74, 6) is 2.63. The number of benzene rings is 1. The van der Waals surface area contributed by atoms with Crippen molar-refractivity contribution in [1.29, 1.82) is 0 Å². The summed E-state index contributed by atoms with van der Waals surface area (Å²) in [5.41, 5.74) is 7.07. The van der Waals surface area contributed by atoms with E-state index in [0.717, 1.165) is 66.2 Å². The Morgan fingerprint density at radius 3 is 2.61 bits per heavy atom. The molecule has 0 bridgehead atoms. The first-order valence-electron chi connectivity index (χ1n) is 11.3. The molecule has 0 radical (unpaired) electrons. The molecule has 1 aromatic carbocycles. The Morgan fingerprint density at radius 2 is 1.88 bits per heavy atom. The average molecular weight is 442 g/mol. The summed E-state index contributed by atoms with van der Waals surface area (Å²) in [6.07, 6.45) is 6.74. The van der Waals surface area contributed by atoms with Crippen molar-refractivity contribution >= 4 is 17.8 Å². The number of rotatable bonds is 5. The van der Waals surface area contributed by atoms with Crippen LogP contribution in [0.1, 0.15) is 45.1 Å². The van der Waals surface area contributed by atoms with Gasteiger partial charge in [-0.3, -0.25) is 4.79 Å². The van der Waals surface area contributed by atoms with Crippen molar-refractivity contribution in [3.63, 3.8) is 0 Å². The Labute approximate surface area is 192 Å². The van der Waals surface area contributed by atoms with E-state index in [1.54, 1.807) is 6.07 Å². The Morgan fingerprint density at radius 1 is 1.09 bits per heavy atom. The van der Waals surface area contributed by atoms with Crippen LogP contribution in [0.25, 0.3) is 17.2 Å². The number of aryl methyl sites for hydroxylation is 4. The number of anilines is 1. The second-order valence-corrected chi connectivity index (χ2v) is 8.89. The summed E-state index contributed by atoms with van der Waals surface area (Å²) in [5, 5.41) is 4.50. The van der Waals surface area contributed by atoms with Gasteiger partial charge >= 0.3 is 0 Å². The van der Waals surface area contributed by atoms with E-state index in [4.69, 9.17) is 0 Å². The number of aldehydes is 1. The molecule has 5 rings (SSSR count). The van der Waals surface area contributed by atoms with Crippen LogP contribution in [0.5, 0.6) is 0 Å². The maximum Gasteiger partial charge on any atom is 0.252 e. The van der Waals surface area contributed by atoms with Gasteiger partial charge < -0.3 is 4.90 Å². The van der Waals surface area contributed by atoms with Crippen molar-refractivity contribution in [3.05, 3.63) is 64.5 Å². The molecular weight excluding hydrogens is 414 g/mol. The predicted octanol–water partition coefficient (Wildman–Crippen LogP) is 3.70. The van der Waals surface area contributed by atoms with Crippen LogP contribution in [0, 0.1) is 33.6 Å². The largest absolute Gasteiger partial charge is 0.369 e. The number of hydrogen-bond donors (Lipinski definition) is 0. The van der Waals surface area contributed by atoms with Gasteiger partial charge in [0.25, 0.3) is 5.78 Å². The lowest BCUT2D eigenvalue weighted by molar-refractivity contribution is 0.112. The lowest BCUT2D eigenvalue weighted by atomic mass is 9.96. The van der Waals surface area contributed by atoms with Gasteiger partial charge in [-0.2, -0.15) is 10.1 Å². The minimum Gasteiger partial charge on any atom is -0.369 e. The zero-order chi connectivity index (χ0) is 23.1. The molecule has 4 aromatic rings. The summed E-state index contributed by atoms with van der Waals surface area (Å²) < 4.78 is 1.86. The third kappa shape index (κ3) is 3.97. The summed E-state index contributed by atoms with van der Waals surface area (Å²) in [7, 11) is 0. The fourth-order valence-electron chi connectivity index (χ4n) is 4.76. The maximum absolute atomic E-state index is 11.0. The van der Waals surface area contributed by atoms with Gasteiger partial charge in [-0.25, -0.2) is 19.5 Å². The summed E-state index contributed by atoms with van der Waals surface area (Å²) in [4.78, 5) is 31.6. The molecule has 1 aliphatic rings. The molecule has 1 atom stereocenters. The first kappa shape index (κ1) is 21.2. The quantitative estimate of drug-likeness (QED) is 0.436. The van der Waals surface area contributed by atoms with Crippen LogP contribution in [-0.4, -0.2) is 48.9 Å². The van der Waals surface area contributed by atoms with Gasteiger partial charge in [0.15, 0.2) is 5.82 Å². The van der Waals surface area contributed by atoms with Crippen LogP contribution >= 0.6 is 0 Å². The van der Waals surface area contributed by atoms with E-state index in [-0.39, 0.29) is 0 Å². The van der Waals surface area contributed by atoms with Crippen LogP contribution in [0.2, 0.25) is 0 Å². The SMILES string of the molecule is Cc1nc2nc(C)c(CC3CCN(c4cnc(-c5ccc(C=O)cc5C)nc4)C3)c(C)n2n1. The number of aromatic nitrogens is 6. The van der Waals surface area contributed by atoms with E-state index in [2.05, 4.69) is 43.8 Å². The molecule has 0 N–H and O–H groups in total. The normalized spacial score (nSPS) is 16.0. The lowest BCUT2D eigenvalue weighted by Gasteiger charge is -2.19. The number of carbonyl (C=O) groups excluding carboxylic acids is 1. The molecule has 0 spiro atoms. The van der Waals surface area contributed by atoms with Crippen LogP contribution < -0.4 is 4.90 Å². The fourth-order valence-corrected chi connectivity index (χ4v) is 4.76. The smallest absolute Gasteiger partial charge is 0.252 e. The first-order valence-corrected chi connectivity index (χ1v) is 11.3. The average Bonchev–Trinajstić information content (AvgIpc) is 3.43. The molecule has 168 valence electrons. The van der Waals surface area contributed by atoms with Crippen molar-refractivity contribution in [2.75, 3.05) is 18.0 Å². The van der Waals surface area contributed by atoms with Crippen molar-refractivity contribution in [3.8, 4) is 11.4 Å². The van der Waals surface area contributed by atoms with Crippen LogP contribution in [0.15, 0.2) is 30.6 Å². The molecular formula is C25H27N7O. The van der Waals surface area contributed by atoms with E-state index in [9.17, 15) is 4.79 Å². The zero-order valence-electron chi connectivity index (χ0n) is 19.4. The molecule has 33 heavy (non-hydrogen) atoms. The number of carbonyl (C=O) groups is 1. The highest BCUT2D eigenvalue weighted by atomic mass is 16.1. The predicted molar refractivity (Wildman–Crippen MR) is 127 cm³/mol. The van der Waals surface area contributed by atoms with Crippen molar-refractivity contribution in [2.24, 2.45) is 5.92 Å². The second-order valence-electron chi connectivity index (χ2n) is 8.89. The summed E-state index contributed by atoms with van der Waals surface area (Å²) >= 11 is 0. The minimum atomic E-state index is 0.532. The third-order valence-electron chi connectivity index (χ3n) is 6.56. The highest BCUT2D eigenvalue weighted by molar-refractivity contribution is 5.77. The molecule has 8 nitrogen and oxygen atoms in total. The molecule has 1 aliphatic heterocycles. The van der Waals surface area contributed by atoms with E-state index < -0.39 is 0 Å². The van der Waals surface area contributed by atoms with Crippen molar-refractivity contribution in [1.82, 2.24) is 29.5 Å². The summed E-state index contributed by atoms with van der Waals surface area (Å²) in [6, 6.07) is 5.57. The monoisotopic (exact) mass is 441 g/mol. The van der Waals surface area contributed by atoms with E-state index >= 15 is 0 Å². The molecule has 1 saturated heterocycles. The Kier molecular flexibility index (Phi) is 5.36. The number of hydrogen-bond acceptors (Lipinski definition) is 7. The molecule has 1 fully saturated rings. The van der Waals surface area contributed by atoms with Gasteiger partial charge in [-0.1, -0.05) is 12.1 Å². The summed E-state index contributed by atoms with van der Waals surface area (Å²) in [6.45, 7) is 9.98. The van der Waals surface area contributed by atoms with Gasteiger partial charge in [0.2, 0.25) is 0 Å². The maximum atomic E-state index is 11.0. The Bertz CT molecular complexity index is 1340. The van der Waals surface area contributed by atoms with Crippen LogP contribution in [0.4, 0.5) is 5.69 Å². The van der Waals surface area contributed by atoms with Crippen LogP contribution in [-0.2, 0) is 6.42 Å². The van der Waals surface area contributed by atoms with Gasteiger partial charge in [-0.05, 0) is 63.6 Å². The molecule has 0 amide bonds. The zero-order valence-corrected chi connectivity index (χ0v) is 19.4. The molecule has 0 aliphatic carbocycles. The van der Waals surface area contributed by atoms with Gasteiger partial charge in [0, 0.05) is 35.6 Å². The first-order chi connectivity index (χ1) is 15.9. The topological polar surface area (TPSA) is 89.2 Å². The van der Waals surface area contributed by atoms with Crippen molar-refractivity contribution in [2.45, 2.75) is 40.5 Å². The van der Waals surface area contributed by atoms with Gasteiger partial charge in [0.1, 0.15) is 12.1 Å². The van der Waals surface area contributed by atoms with Gasteiger partial charge in [-0.15, -0.1) is 0 Å². The molecule has 0 saturated carbocycles. The number of nitrogens with zero attached hydrogens (tertiary/aromatic N) is 7. The number of fused-ring (bicyclic) bond motifs is 1. The van der Waals surface area contributed by atoms with E-state index in [0.29, 0.717) is 23.1 Å². The Balaban J connectivity index is 1.31. The van der Waals surface area contributed by atoms with Gasteiger partial charge in [0.05, 0.1) is 18.1 Å². The minimum absolute atomic E-state index is 0.532. The molecule has 8 heteroatoms. The second kappa shape index (κ2) is 8.35.